The van der Waals surface area contributed by atoms with Gasteiger partial charge in [-0.25, -0.2) is 0 Å². The van der Waals surface area contributed by atoms with Crippen LogP contribution in [0, 0.1) is 0 Å². The Morgan fingerprint density at radius 3 is 2.32 bits per heavy atom. The topological polar surface area (TPSA) is 30.5 Å². The molecule has 2 rings (SSSR count). The Morgan fingerprint density at radius 2 is 1.73 bits per heavy atom. The van der Waals surface area contributed by atoms with E-state index < -0.39 is 0 Å². The maximum atomic E-state index is 6.00. The minimum atomic E-state index is 0.585. The van der Waals surface area contributed by atoms with Crippen LogP contribution in [0.1, 0.15) is 12.5 Å². The Kier molecular flexibility index (Phi) is 6.24. The fraction of sp³-hybridized carbons (Fsp3) is 0.250. The van der Waals surface area contributed by atoms with Crippen molar-refractivity contribution in [3.63, 3.8) is 0 Å². The van der Waals surface area contributed by atoms with Crippen molar-refractivity contribution < 1.29 is 9.47 Å². The number of hydrogen-bond acceptors (Lipinski definition) is 3. The summed E-state index contributed by atoms with van der Waals surface area (Å²) in [4.78, 5) is 0. The van der Waals surface area contributed by atoms with Crippen LogP contribution in [0.15, 0.2) is 34.8 Å². The molecule has 0 radical (unpaired) electrons. The van der Waals surface area contributed by atoms with Crippen LogP contribution >= 0.6 is 39.1 Å². The van der Waals surface area contributed by atoms with Crippen molar-refractivity contribution in [3.05, 3.63) is 50.4 Å². The van der Waals surface area contributed by atoms with Crippen LogP contribution < -0.4 is 14.8 Å². The minimum Gasteiger partial charge on any atom is -0.493 e. The summed E-state index contributed by atoms with van der Waals surface area (Å²) in [6.45, 7) is 3.12. The highest BCUT2D eigenvalue weighted by Gasteiger charge is 2.10. The molecule has 0 unspecified atom stereocenters. The van der Waals surface area contributed by atoms with Gasteiger partial charge in [0.25, 0.3) is 0 Å². The minimum absolute atomic E-state index is 0.585. The van der Waals surface area contributed by atoms with Crippen molar-refractivity contribution in [2.45, 2.75) is 13.5 Å². The van der Waals surface area contributed by atoms with Gasteiger partial charge in [-0.1, -0.05) is 39.1 Å². The summed E-state index contributed by atoms with van der Waals surface area (Å²) in [7, 11) is 1.62. The van der Waals surface area contributed by atoms with E-state index in [-0.39, 0.29) is 0 Å². The molecular formula is C16H16BrCl2NO2. The van der Waals surface area contributed by atoms with E-state index in [1.165, 1.54) is 0 Å². The second-order valence-electron chi connectivity index (χ2n) is 4.54. The molecular weight excluding hydrogens is 389 g/mol. The highest BCUT2D eigenvalue weighted by molar-refractivity contribution is 9.10. The van der Waals surface area contributed by atoms with Gasteiger partial charge in [0.15, 0.2) is 11.5 Å². The molecule has 0 aliphatic carbocycles. The maximum absolute atomic E-state index is 6.00. The molecule has 6 heteroatoms. The first-order valence-electron chi connectivity index (χ1n) is 6.72. The zero-order chi connectivity index (χ0) is 16.1. The Bertz CT molecular complexity index is 645. The number of rotatable bonds is 6. The lowest BCUT2D eigenvalue weighted by Gasteiger charge is -2.14. The molecule has 0 heterocycles. The molecule has 0 atom stereocenters. The average molecular weight is 405 g/mol. The van der Waals surface area contributed by atoms with Gasteiger partial charge in [0, 0.05) is 26.8 Å². The van der Waals surface area contributed by atoms with Gasteiger partial charge in [0.05, 0.1) is 13.7 Å². The van der Waals surface area contributed by atoms with E-state index in [0.717, 1.165) is 15.7 Å². The van der Waals surface area contributed by atoms with Crippen molar-refractivity contribution in [2.75, 3.05) is 19.0 Å². The van der Waals surface area contributed by atoms with E-state index in [1.54, 1.807) is 13.2 Å². The predicted molar refractivity (Wildman–Crippen MR) is 95.7 cm³/mol. The fourth-order valence-corrected chi connectivity index (χ4v) is 2.98. The van der Waals surface area contributed by atoms with Gasteiger partial charge >= 0.3 is 0 Å². The van der Waals surface area contributed by atoms with Crippen LogP contribution in [0.3, 0.4) is 0 Å². The molecule has 0 bridgehead atoms. The number of nitrogens with one attached hydrogen (secondary N) is 1. The zero-order valence-corrected chi connectivity index (χ0v) is 15.3. The normalized spacial score (nSPS) is 10.4. The second kappa shape index (κ2) is 7.95. The molecule has 0 amide bonds. The number of halogens is 3. The number of anilines is 1. The van der Waals surface area contributed by atoms with Crippen molar-refractivity contribution in [2.24, 2.45) is 0 Å². The molecule has 2 aromatic carbocycles. The van der Waals surface area contributed by atoms with Gasteiger partial charge in [0.2, 0.25) is 0 Å². The molecule has 1 N–H and O–H groups in total. The SMILES string of the molecule is CCOc1cc(Br)c(CNc2cc(Cl)cc(Cl)c2)cc1OC. The van der Waals surface area contributed by atoms with Crippen molar-refractivity contribution in [1.82, 2.24) is 0 Å². The summed E-state index contributed by atoms with van der Waals surface area (Å²) in [6.07, 6.45) is 0. The molecule has 0 fully saturated rings. The van der Waals surface area contributed by atoms with Gasteiger partial charge in [-0.05, 0) is 42.8 Å². The first kappa shape index (κ1) is 17.3. The van der Waals surface area contributed by atoms with Crippen LogP contribution in [0.2, 0.25) is 10.0 Å². The maximum Gasteiger partial charge on any atom is 0.162 e. The van der Waals surface area contributed by atoms with Crippen molar-refractivity contribution in [3.8, 4) is 11.5 Å². The third kappa shape index (κ3) is 4.45. The third-order valence-electron chi connectivity index (χ3n) is 2.98. The smallest absolute Gasteiger partial charge is 0.162 e. The van der Waals surface area contributed by atoms with Crippen molar-refractivity contribution >= 4 is 44.8 Å². The van der Waals surface area contributed by atoms with E-state index in [0.29, 0.717) is 34.7 Å². The molecule has 0 aliphatic rings. The van der Waals surface area contributed by atoms with Gasteiger partial charge in [-0.15, -0.1) is 0 Å². The van der Waals surface area contributed by atoms with Crippen LogP contribution in [0.4, 0.5) is 5.69 Å². The van der Waals surface area contributed by atoms with E-state index >= 15 is 0 Å². The van der Waals surface area contributed by atoms with Crippen LogP contribution in [-0.4, -0.2) is 13.7 Å². The molecule has 0 saturated heterocycles. The summed E-state index contributed by atoms with van der Waals surface area (Å²) in [5, 5.41) is 4.48. The molecule has 2 aromatic rings. The van der Waals surface area contributed by atoms with Gasteiger partial charge in [-0.2, -0.15) is 0 Å². The molecule has 0 aliphatic heterocycles. The fourth-order valence-electron chi connectivity index (χ4n) is 1.99. The lowest BCUT2D eigenvalue weighted by atomic mass is 10.2. The quantitative estimate of drug-likeness (QED) is 0.662. The average Bonchev–Trinajstić information content (AvgIpc) is 2.46. The largest absolute Gasteiger partial charge is 0.493 e. The molecule has 0 spiro atoms. The Hall–Kier alpha value is -1.10. The van der Waals surface area contributed by atoms with Crippen molar-refractivity contribution in [1.29, 1.82) is 0 Å². The van der Waals surface area contributed by atoms with Crippen LogP contribution in [0.5, 0.6) is 11.5 Å². The number of methoxy groups -OCH3 is 1. The summed E-state index contributed by atoms with van der Waals surface area (Å²) in [5.41, 5.74) is 1.90. The van der Waals surface area contributed by atoms with E-state index in [4.69, 9.17) is 32.7 Å². The standard InChI is InChI=1S/C16H16BrCl2NO2/c1-3-22-16-8-14(17)10(4-15(16)21-2)9-20-13-6-11(18)5-12(19)7-13/h4-8,20H,3,9H2,1-2H3. The van der Waals surface area contributed by atoms with Gasteiger partial charge in [-0.3, -0.25) is 0 Å². The Morgan fingerprint density at radius 1 is 1.05 bits per heavy atom. The summed E-state index contributed by atoms with van der Waals surface area (Å²) in [5.74, 6) is 1.41. The highest BCUT2D eigenvalue weighted by Crippen LogP contribution is 2.34. The zero-order valence-electron chi connectivity index (χ0n) is 12.3. The first-order chi connectivity index (χ1) is 10.5. The molecule has 0 aromatic heterocycles. The number of benzene rings is 2. The summed E-state index contributed by atoms with van der Waals surface area (Å²) < 4.78 is 11.9. The summed E-state index contributed by atoms with van der Waals surface area (Å²) in [6, 6.07) is 9.20. The molecule has 118 valence electrons. The van der Waals surface area contributed by atoms with Gasteiger partial charge in [0.1, 0.15) is 0 Å². The van der Waals surface area contributed by atoms with Crippen LogP contribution in [-0.2, 0) is 6.54 Å². The lowest BCUT2D eigenvalue weighted by Crippen LogP contribution is -2.02. The monoisotopic (exact) mass is 403 g/mol. The number of ether oxygens (including phenoxy) is 2. The Labute approximate surface area is 148 Å². The van der Waals surface area contributed by atoms with Crippen LogP contribution in [0.25, 0.3) is 0 Å². The van der Waals surface area contributed by atoms with E-state index in [1.807, 2.05) is 31.2 Å². The third-order valence-corrected chi connectivity index (χ3v) is 4.15. The van der Waals surface area contributed by atoms with Gasteiger partial charge < -0.3 is 14.8 Å². The predicted octanol–water partition coefficient (Wildman–Crippen LogP) is 5.78. The highest BCUT2D eigenvalue weighted by atomic mass is 79.9. The Balaban J connectivity index is 2.18. The van der Waals surface area contributed by atoms with E-state index in [9.17, 15) is 0 Å². The number of hydrogen-bond donors (Lipinski definition) is 1. The second-order valence-corrected chi connectivity index (χ2v) is 6.27. The lowest BCUT2D eigenvalue weighted by molar-refractivity contribution is 0.310. The summed E-state index contributed by atoms with van der Waals surface area (Å²) >= 11 is 15.5. The molecule has 0 saturated carbocycles. The van der Waals surface area contributed by atoms with E-state index in [2.05, 4.69) is 21.2 Å². The molecule has 22 heavy (non-hydrogen) atoms. The molecule has 3 nitrogen and oxygen atoms in total. The first-order valence-corrected chi connectivity index (χ1v) is 8.27.